The van der Waals surface area contributed by atoms with Gasteiger partial charge in [0, 0.05) is 0 Å². The number of rotatable bonds is 2. The Kier molecular flexibility index (Phi) is 3.37. The lowest BCUT2D eigenvalue weighted by molar-refractivity contribution is 0.0381. The van der Waals surface area contributed by atoms with Crippen molar-refractivity contribution in [2.45, 2.75) is 59.0 Å². The molecule has 1 heteroatoms. The van der Waals surface area contributed by atoms with Crippen LogP contribution in [0.1, 0.15) is 53.4 Å². The summed E-state index contributed by atoms with van der Waals surface area (Å²) in [6, 6.07) is 0. The third-order valence-electron chi connectivity index (χ3n) is 3.56. The normalized spacial score (nSPS) is 41.1. The third kappa shape index (κ3) is 2.96. The van der Waals surface area contributed by atoms with E-state index in [9.17, 15) is 4.39 Å². The molecule has 0 radical (unpaired) electrons. The Morgan fingerprint density at radius 1 is 1.46 bits per heavy atom. The SMILES string of the molecule is CC(C)C[C@H]1CCC(C)(F)[C@H](C)C1. The molecular formula is C12H23F. The molecular weight excluding hydrogens is 163 g/mol. The average molecular weight is 186 g/mol. The molecule has 0 heterocycles. The standard InChI is InChI=1S/C12H23F/c1-9(2)7-11-5-6-12(4,13)10(3)8-11/h9-11H,5-8H2,1-4H3/t10-,11-,12?/m1/s1. The maximum Gasteiger partial charge on any atom is 0.110 e. The fraction of sp³-hybridized carbons (Fsp3) is 1.00. The van der Waals surface area contributed by atoms with Crippen LogP contribution < -0.4 is 0 Å². The van der Waals surface area contributed by atoms with Crippen LogP contribution in [0.3, 0.4) is 0 Å². The van der Waals surface area contributed by atoms with Crippen LogP contribution in [0.4, 0.5) is 4.39 Å². The van der Waals surface area contributed by atoms with Gasteiger partial charge < -0.3 is 0 Å². The van der Waals surface area contributed by atoms with Gasteiger partial charge in [-0.3, -0.25) is 0 Å². The van der Waals surface area contributed by atoms with Crippen molar-refractivity contribution in [2.24, 2.45) is 17.8 Å². The van der Waals surface area contributed by atoms with Crippen LogP contribution in [0.5, 0.6) is 0 Å². The van der Waals surface area contributed by atoms with Crippen LogP contribution in [0.25, 0.3) is 0 Å². The Balaban J connectivity index is 2.42. The summed E-state index contributed by atoms with van der Waals surface area (Å²) in [7, 11) is 0. The van der Waals surface area contributed by atoms with Gasteiger partial charge in [0.05, 0.1) is 0 Å². The van der Waals surface area contributed by atoms with Gasteiger partial charge in [-0.05, 0) is 50.4 Å². The first-order valence-electron chi connectivity index (χ1n) is 5.60. The van der Waals surface area contributed by atoms with Crippen molar-refractivity contribution < 1.29 is 4.39 Å². The molecule has 0 bridgehead atoms. The highest BCUT2D eigenvalue weighted by atomic mass is 19.1. The smallest absolute Gasteiger partial charge is 0.110 e. The van der Waals surface area contributed by atoms with E-state index < -0.39 is 5.67 Å². The van der Waals surface area contributed by atoms with E-state index >= 15 is 0 Å². The topological polar surface area (TPSA) is 0 Å². The van der Waals surface area contributed by atoms with Crippen LogP contribution in [0.15, 0.2) is 0 Å². The summed E-state index contributed by atoms with van der Waals surface area (Å²) in [4.78, 5) is 0. The predicted molar refractivity (Wildman–Crippen MR) is 55.5 cm³/mol. The summed E-state index contributed by atoms with van der Waals surface area (Å²) in [5.74, 6) is 1.80. The number of hydrogen-bond acceptors (Lipinski definition) is 0. The molecule has 1 saturated carbocycles. The quantitative estimate of drug-likeness (QED) is 0.606. The van der Waals surface area contributed by atoms with Crippen LogP contribution in [-0.2, 0) is 0 Å². The van der Waals surface area contributed by atoms with Gasteiger partial charge in [-0.1, -0.05) is 20.8 Å². The van der Waals surface area contributed by atoms with E-state index in [1.165, 1.54) is 6.42 Å². The Morgan fingerprint density at radius 2 is 2.08 bits per heavy atom. The lowest BCUT2D eigenvalue weighted by Crippen LogP contribution is -2.34. The molecule has 0 spiro atoms. The van der Waals surface area contributed by atoms with Crippen LogP contribution in [-0.4, -0.2) is 5.67 Å². The van der Waals surface area contributed by atoms with Crippen molar-refractivity contribution in [1.29, 1.82) is 0 Å². The molecule has 1 rings (SSSR count). The maximum atomic E-state index is 13.8. The summed E-state index contributed by atoms with van der Waals surface area (Å²) < 4.78 is 13.8. The molecule has 1 aliphatic rings. The van der Waals surface area contributed by atoms with Gasteiger partial charge in [-0.2, -0.15) is 0 Å². The maximum absolute atomic E-state index is 13.8. The number of alkyl halides is 1. The monoisotopic (exact) mass is 186 g/mol. The van der Waals surface area contributed by atoms with Crippen molar-refractivity contribution in [3.05, 3.63) is 0 Å². The molecule has 0 aromatic heterocycles. The average Bonchev–Trinajstić information content (AvgIpc) is 1.97. The zero-order chi connectivity index (χ0) is 10.1. The molecule has 1 fully saturated rings. The Labute approximate surface area is 81.9 Å². The molecule has 1 aliphatic carbocycles. The molecule has 0 saturated heterocycles. The van der Waals surface area contributed by atoms with Crippen molar-refractivity contribution in [2.75, 3.05) is 0 Å². The second kappa shape index (κ2) is 3.98. The highest BCUT2D eigenvalue weighted by Gasteiger charge is 2.37. The lowest BCUT2D eigenvalue weighted by Gasteiger charge is -2.37. The molecule has 1 unspecified atom stereocenters. The molecule has 0 aliphatic heterocycles. The first-order valence-corrected chi connectivity index (χ1v) is 5.60. The van der Waals surface area contributed by atoms with Crippen LogP contribution in [0.2, 0.25) is 0 Å². The minimum absolute atomic E-state index is 0.255. The van der Waals surface area contributed by atoms with E-state index in [1.54, 1.807) is 6.92 Å². The molecule has 0 aromatic carbocycles. The van der Waals surface area contributed by atoms with E-state index in [0.717, 1.165) is 31.1 Å². The highest BCUT2D eigenvalue weighted by Crippen LogP contribution is 2.41. The van der Waals surface area contributed by atoms with E-state index in [4.69, 9.17) is 0 Å². The van der Waals surface area contributed by atoms with Crippen molar-refractivity contribution in [3.8, 4) is 0 Å². The fourth-order valence-electron chi connectivity index (χ4n) is 2.48. The van der Waals surface area contributed by atoms with Gasteiger partial charge in [0.2, 0.25) is 0 Å². The fourth-order valence-corrected chi connectivity index (χ4v) is 2.48. The summed E-state index contributed by atoms with van der Waals surface area (Å²) >= 11 is 0. The minimum Gasteiger partial charge on any atom is -0.244 e. The van der Waals surface area contributed by atoms with Crippen LogP contribution in [0, 0.1) is 17.8 Å². The second-order valence-corrected chi connectivity index (χ2v) is 5.45. The summed E-state index contributed by atoms with van der Waals surface area (Å²) in [5, 5.41) is 0. The summed E-state index contributed by atoms with van der Waals surface area (Å²) in [6.45, 7) is 8.34. The second-order valence-electron chi connectivity index (χ2n) is 5.45. The molecule has 0 amide bonds. The predicted octanol–water partition coefficient (Wildman–Crippen LogP) is 4.20. The van der Waals surface area contributed by atoms with Crippen molar-refractivity contribution >= 4 is 0 Å². The van der Waals surface area contributed by atoms with Crippen LogP contribution >= 0.6 is 0 Å². The zero-order valence-corrected chi connectivity index (χ0v) is 9.44. The Morgan fingerprint density at radius 3 is 2.54 bits per heavy atom. The molecule has 78 valence electrons. The molecule has 0 nitrogen and oxygen atoms in total. The minimum atomic E-state index is -0.895. The van der Waals surface area contributed by atoms with Crippen molar-refractivity contribution in [1.82, 2.24) is 0 Å². The van der Waals surface area contributed by atoms with Gasteiger partial charge in [-0.15, -0.1) is 0 Å². The zero-order valence-electron chi connectivity index (χ0n) is 9.44. The lowest BCUT2D eigenvalue weighted by atomic mass is 9.72. The highest BCUT2D eigenvalue weighted by molar-refractivity contribution is 4.87. The van der Waals surface area contributed by atoms with E-state index in [-0.39, 0.29) is 5.92 Å². The van der Waals surface area contributed by atoms with E-state index in [1.807, 2.05) is 0 Å². The van der Waals surface area contributed by atoms with Gasteiger partial charge in [0.1, 0.15) is 5.67 Å². The number of halogens is 1. The largest absolute Gasteiger partial charge is 0.244 e. The third-order valence-corrected chi connectivity index (χ3v) is 3.56. The van der Waals surface area contributed by atoms with Gasteiger partial charge in [0.25, 0.3) is 0 Å². The van der Waals surface area contributed by atoms with E-state index in [2.05, 4.69) is 20.8 Å². The molecule has 3 atom stereocenters. The van der Waals surface area contributed by atoms with Crippen molar-refractivity contribution in [3.63, 3.8) is 0 Å². The Bertz CT molecular complexity index is 161. The molecule has 0 N–H and O–H groups in total. The van der Waals surface area contributed by atoms with Gasteiger partial charge >= 0.3 is 0 Å². The molecule has 13 heavy (non-hydrogen) atoms. The first kappa shape index (κ1) is 11.0. The first-order chi connectivity index (χ1) is 5.92. The number of hydrogen-bond donors (Lipinski definition) is 0. The summed E-state index contributed by atoms with van der Waals surface area (Å²) in [5.41, 5.74) is -0.895. The van der Waals surface area contributed by atoms with Gasteiger partial charge in [-0.25, -0.2) is 4.39 Å². The summed E-state index contributed by atoms with van der Waals surface area (Å²) in [6.07, 6.45) is 4.23. The molecule has 0 aromatic rings. The Hall–Kier alpha value is -0.0700. The van der Waals surface area contributed by atoms with Gasteiger partial charge in [0.15, 0.2) is 0 Å². The van der Waals surface area contributed by atoms with E-state index in [0.29, 0.717) is 0 Å².